The van der Waals surface area contributed by atoms with Crippen molar-refractivity contribution in [3.8, 4) is 17.2 Å². The molecule has 3 nitrogen and oxygen atoms in total. The SMILES string of the molecule is CCOc1cc(Oc2ccc(C)cc2)c(N)cc1F. The Balaban J connectivity index is 2.28. The van der Waals surface area contributed by atoms with E-state index < -0.39 is 5.82 Å². The molecule has 0 saturated heterocycles. The van der Waals surface area contributed by atoms with Crippen LogP contribution in [0, 0.1) is 12.7 Å². The molecule has 4 heteroatoms. The molecule has 0 heterocycles. The Morgan fingerprint density at radius 3 is 2.42 bits per heavy atom. The molecular formula is C15H16FNO2. The summed E-state index contributed by atoms with van der Waals surface area (Å²) in [5.41, 5.74) is 7.11. The first-order chi connectivity index (χ1) is 9.10. The Bertz CT molecular complexity index is 567. The van der Waals surface area contributed by atoms with Gasteiger partial charge in [0, 0.05) is 12.1 Å². The number of halogens is 1. The van der Waals surface area contributed by atoms with Crippen molar-refractivity contribution in [1.29, 1.82) is 0 Å². The van der Waals surface area contributed by atoms with Crippen LogP contribution in [0.25, 0.3) is 0 Å². The maximum atomic E-state index is 13.5. The highest BCUT2D eigenvalue weighted by Gasteiger charge is 2.10. The van der Waals surface area contributed by atoms with Crippen LogP contribution in [0.15, 0.2) is 36.4 Å². The molecule has 0 unspecified atom stereocenters. The van der Waals surface area contributed by atoms with Crippen LogP contribution in [0.2, 0.25) is 0 Å². The molecule has 0 aliphatic carbocycles. The molecule has 0 fully saturated rings. The van der Waals surface area contributed by atoms with Crippen molar-refractivity contribution in [2.24, 2.45) is 0 Å². The van der Waals surface area contributed by atoms with Gasteiger partial charge in [-0.25, -0.2) is 4.39 Å². The molecule has 2 aromatic rings. The summed E-state index contributed by atoms with van der Waals surface area (Å²) in [4.78, 5) is 0. The maximum absolute atomic E-state index is 13.5. The lowest BCUT2D eigenvalue weighted by Gasteiger charge is -2.12. The Hall–Kier alpha value is -2.23. The minimum atomic E-state index is -0.490. The van der Waals surface area contributed by atoms with E-state index >= 15 is 0 Å². The monoisotopic (exact) mass is 261 g/mol. The van der Waals surface area contributed by atoms with Crippen LogP contribution in [-0.2, 0) is 0 Å². The number of ether oxygens (including phenoxy) is 2. The highest BCUT2D eigenvalue weighted by molar-refractivity contribution is 5.57. The number of nitrogens with two attached hydrogens (primary N) is 1. The van der Waals surface area contributed by atoms with E-state index in [4.69, 9.17) is 15.2 Å². The van der Waals surface area contributed by atoms with Crippen molar-refractivity contribution in [3.63, 3.8) is 0 Å². The van der Waals surface area contributed by atoms with E-state index in [0.29, 0.717) is 18.1 Å². The molecule has 0 amide bonds. The van der Waals surface area contributed by atoms with Crippen LogP contribution in [-0.4, -0.2) is 6.61 Å². The maximum Gasteiger partial charge on any atom is 0.167 e. The molecule has 100 valence electrons. The summed E-state index contributed by atoms with van der Waals surface area (Å²) in [6, 6.07) is 10.2. The van der Waals surface area contributed by atoms with Gasteiger partial charge in [-0.2, -0.15) is 0 Å². The zero-order valence-corrected chi connectivity index (χ0v) is 10.9. The van der Waals surface area contributed by atoms with E-state index in [1.54, 1.807) is 6.92 Å². The van der Waals surface area contributed by atoms with E-state index in [2.05, 4.69) is 0 Å². The number of anilines is 1. The molecule has 0 saturated carbocycles. The van der Waals surface area contributed by atoms with Crippen molar-refractivity contribution < 1.29 is 13.9 Å². The normalized spacial score (nSPS) is 10.3. The first-order valence-electron chi connectivity index (χ1n) is 6.06. The minimum absolute atomic E-state index is 0.138. The van der Waals surface area contributed by atoms with Crippen molar-refractivity contribution in [1.82, 2.24) is 0 Å². The van der Waals surface area contributed by atoms with Crippen LogP contribution < -0.4 is 15.2 Å². The van der Waals surface area contributed by atoms with E-state index in [9.17, 15) is 4.39 Å². The van der Waals surface area contributed by atoms with Gasteiger partial charge in [0.25, 0.3) is 0 Å². The molecular weight excluding hydrogens is 245 g/mol. The standard InChI is InChI=1S/C15H16FNO2/c1-3-18-14-9-15(13(17)8-12(14)16)19-11-6-4-10(2)5-7-11/h4-9H,3,17H2,1-2H3. The van der Waals surface area contributed by atoms with Crippen molar-refractivity contribution in [2.75, 3.05) is 12.3 Å². The summed E-state index contributed by atoms with van der Waals surface area (Å²) in [6.07, 6.45) is 0. The first kappa shape index (κ1) is 13.2. The smallest absolute Gasteiger partial charge is 0.167 e. The van der Waals surface area contributed by atoms with Gasteiger partial charge >= 0.3 is 0 Å². The van der Waals surface area contributed by atoms with Crippen molar-refractivity contribution in [2.45, 2.75) is 13.8 Å². The number of rotatable bonds is 4. The average molecular weight is 261 g/mol. The van der Waals surface area contributed by atoms with Crippen LogP contribution >= 0.6 is 0 Å². The predicted molar refractivity (Wildman–Crippen MR) is 73.2 cm³/mol. The molecule has 0 atom stereocenters. The molecule has 0 aromatic heterocycles. The van der Waals surface area contributed by atoms with E-state index in [0.717, 1.165) is 5.56 Å². The number of benzene rings is 2. The summed E-state index contributed by atoms with van der Waals surface area (Å²) in [7, 11) is 0. The highest BCUT2D eigenvalue weighted by atomic mass is 19.1. The lowest BCUT2D eigenvalue weighted by atomic mass is 10.2. The Kier molecular flexibility index (Phi) is 3.90. The van der Waals surface area contributed by atoms with Gasteiger partial charge in [-0.15, -0.1) is 0 Å². The number of aryl methyl sites for hydroxylation is 1. The highest BCUT2D eigenvalue weighted by Crippen LogP contribution is 2.33. The summed E-state index contributed by atoms with van der Waals surface area (Å²) < 4.78 is 24.4. The van der Waals surface area contributed by atoms with Gasteiger partial charge in [0.2, 0.25) is 0 Å². The van der Waals surface area contributed by atoms with Crippen LogP contribution in [0.1, 0.15) is 12.5 Å². The summed E-state index contributed by atoms with van der Waals surface area (Å²) in [5, 5.41) is 0. The average Bonchev–Trinajstić information content (AvgIpc) is 2.38. The third kappa shape index (κ3) is 3.16. The van der Waals surface area contributed by atoms with Gasteiger partial charge in [0.15, 0.2) is 17.3 Å². The van der Waals surface area contributed by atoms with Gasteiger partial charge < -0.3 is 15.2 Å². The van der Waals surface area contributed by atoms with Gasteiger partial charge in [-0.1, -0.05) is 17.7 Å². The molecule has 0 aliphatic rings. The molecule has 2 N–H and O–H groups in total. The Labute approximate surface area is 111 Å². The number of nitrogen functional groups attached to an aromatic ring is 1. The molecule has 0 bridgehead atoms. The number of hydrogen-bond acceptors (Lipinski definition) is 3. The fourth-order valence-corrected chi connectivity index (χ4v) is 1.64. The fraction of sp³-hybridized carbons (Fsp3) is 0.200. The molecule has 0 spiro atoms. The third-order valence-corrected chi connectivity index (χ3v) is 2.61. The second-order valence-electron chi connectivity index (χ2n) is 4.17. The van der Waals surface area contributed by atoms with Crippen LogP contribution in [0.5, 0.6) is 17.2 Å². The first-order valence-corrected chi connectivity index (χ1v) is 6.06. The molecule has 0 aliphatic heterocycles. The predicted octanol–water partition coefficient (Wildman–Crippen LogP) is 3.91. The largest absolute Gasteiger partial charge is 0.491 e. The Morgan fingerprint density at radius 2 is 1.79 bits per heavy atom. The fourth-order valence-electron chi connectivity index (χ4n) is 1.64. The molecule has 2 aromatic carbocycles. The van der Waals surface area contributed by atoms with Crippen LogP contribution in [0.3, 0.4) is 0 Å². The molecule has 2 rings (SSSR count). The topological polar surface area (TPSA) is 44.5 Å². The quantitative estimate of drug-likeness (QED) is 0.849. The summed E-state index contributed by atoms with van der Waals surface area (Å²) in [6.45, 7) is 4.16. The second kappa shape index (κ2) is 5.61. The zero-order valence-electron chi connectivity index (χ0n) is 10.9. The lowest BCUT2D eigenvalue weighted by molar-refractivity contribution is 0.319. The number of hydrogen-bond donors (Lipinski definition) is 1. The summed E-state index contributed by atoms with van der Waals surface area (Å²) in [5.74, 6) is 0.675. The van der Waals surface area contributed by atoms with Gasteiger partial charge in [-0.05, 0) is 26.0 Å². The lowest BCUT2D eigenvalue weighted by Crippen LogP contribution is -1.98. The van der Waals surface area contributed by atoms with Crippen molar-refractivity contribution in [3.05, 3.63) is 47.8 Å². The Morgan fingerprint density at radius 1 is 1.11 bits per heavy atom. The van der Waals surface area contributed by atoms with Crippen LogP contribution in [0.4, 0.5) is 10.1 Å². The molecule has 19 heavy (non-hydrogen) atoms. The van der Waals surface area contributed by atoms with Gasteiger partial charge in [0.1, 0.15) is 5.75 Å². The second-order valence-corrected chi connectivity index (χ2v) is 4.17. The van der Waals surface area contributed by atoms with Crippen molar-refractivity contribution >= 4 is 5.69 Å². The van der Waals surface area contributed by atoms with E-state index in [1.165, 1.54) is 12.1 Å². The third-order valence-electron chi connectivity index (χ3n) is 2.61. The zero-order chi connectivity index (χ0) is 13.8. The van der Waals surface area contributed by atoms with E-state index in [-0.39, 0.29) is 11.4 Å². The van der Waals surface area contributed by atoms with Gasteiger partial charge in [0.05, 0.1) is 12.3 Å². The molecule has 0 radical (unpaired) electrons. The van der Waals surface area contributed by atoms with Gasteiger partial charge in [-0.3, -0.25) is 0 Å². The van der Waals surface area contributed by atoms with E-state index in [1.807, 2.05) is 31.2 Å². The minimum Gasteiger partial charge on any atom is -0.491 e. The summed E-state index contributed by atoms with van der Waals surface area (Å²) >= 11 is 0.